The van der Waals surface area contributed by atoms with Crippen molar-refractivity contribution in [3.8, 4) is 0 Å². The van der Waals surface area contributed by atoms with Crippen molar-refractivity contribution >= 4 is 29.9 Å². The second-order valence-corrected chi connectivity index (χ2v) is 14.5. The largest absolute Gasteiger partial charge is 0.317 e. The van der Waals surface area contributed by atoms with Crippen molar-refractivity contribution in [3.63, 3.8) is 0 Å². The van der Waals surface area contributed by atoms with E-state index in [4.69, 9.17) is 0 Å². The second-order valence-electron chi connectivity index (χ2n) is 11.5. The first kappa shape index (κ1) is 24.3. The Labute approximate surface area is 209 Å². The third-order valence-electron chi connectivity index (χ3n) is 8.33. The van der Waals surface area contributed by atoms with Crippen molar-refractivity contribution in [3.05, 3.63) is 70.8 Å². The monoisotopic (exact) mass is 489 g/mol. The highest BCUT2D eigenvalue weighted by Crippen LogP contribution is 2.75. The Morgan fingerprint density at radius 3 is 1.86 bits per heavy atom. The topological polar surface area (TPSA) is 54.5 Å². The highest BCUT2D eigenvalue weighted by atomic mass is 31.2. The molecular weight excluding hydrogens is 453 g/mol. The van der Waals surface area contributed by atoms with Crippen LogP contribution in [0.25, 0.3) is 0 Å². The lowest BCUT2D eigenvalue weighted by Crippen LogP contribution is -2.36. The summed E-state index contributed by atoms with van der Waals surface area (Å²) in [4.78, 5) is 28.9. The maximum atomic E-state index is 15.5. The van der Waals surface area contributed by atoms with E-state index >= 15 is 4.57 Å². The van der Waals surface area contributed by atoms with Crippen LogP contribution in [0.4, 0.5) is 5.69 Å². The van der Waals surface area contributed by atoms with Gasteiger partial charge in [0, 0.05) is 11.0 Å². The second kappa shape index (κ2) is 8.30. The van der Waals surface area contributed by atoms with Gasteiger partial charge in [0.25, 0.3) is 0 Å². The zero-order valence-corrected chi connectivity index (χ0v) is 22.7. The van der Waals surface area contributed by atoms with Crippen LogP contribution in [0.15, 0.2) is 54.1 Å². The van der Waals surface area contributed by atoms with Gasteiger partial charge >= 0.3 is 0 Å². The van der Waals surface area contributed by atoms with E-state index < -0.39 is 30.3 Å². The molecule has 2 aromatic carbocycles. The molecule has 0 saturated carbocycles. The Bertz CT molecular complexity index is 1260. The SMILES string of the molecule is CC1=CC2C3C(=O)N(c4ccccc4)C(=O)C3C1P2(=O)c1c(C(C)C)cc(C(C)C)cc1C(C)C. The van der Waals surface area contributed by atoms with Crippen LogP contribution in [-0.4, -0.2) is 23.1 Å². The number of amides is 2. The van der Waals surface area contributed by atoms with E-state index in [2.05, 4.69) is 59.8 Å². The summed E-state index contributed by atoms with van der Waals surface area (Å²) in [5.41, 5.74) is 4.31. The Hall–Kier alpha value is -2.45. The number of anilines is 1. The van der Waals surface area contributed by atoms with Gasteiger partial charge in [-0.25, -0.2) is 4.90 Å². The lowest BCUT2D eigenvalue weighted by Gasteiger charge is -2.31. The number of carbonyl (C=O) groups excluding carboxylic acids is 2. The third-order valence-corrected chi connectivity index (χ3v) is 12.5. The molecule has 0 aromatic heterocycles. The van der Waals surface area contributed by atoms with E-state index in [0.717, 1.165) is 22.0 Å². The van der Waals surface area contributed by atoms with Gasteiger partial charge in [0.15, 0.2) is 0 Å². The predicted octanol–water partition coefficient (Wildman–Crippen LogP) is 6.56. The zero-order valence-electron chi connectivity index (χ0n) is 21.8. The summed E-state index contributed by atoms with van der Waals surface area (Å²) in [6, 6.07) is 13.6. The molecule has 5 heteroatoms. The molecule has 5 atom stereocenters. The van der Waals surface area contributed by atoms with Crippen molar-refractivity contribution in [2.24, 2.45) is 11.8 Å². The molecule has 2 bridgehead atoms. The molecule has 3 aliphatic heterocycles. The summed E-state index contributed by atoms with van der Waals surface area (Å²) < 4.78 is 15.5. The molecule has 0 radical (unpaired) electrons. The van der Waals surface area contributed by atoms with Crippen LogP contribution in [0.5, 0.6) is 0 Å². The van der Waals surface area contributed by atoms with Gasteiger partial charge in [0.1, 0.15) is 7.14 Å². The number of benzene rings is 2. The van der Waals surface area contributed by atoms with Gasteiger partial charge in [-0.3, -0.25) is 9.59 Å². The summed E-state index contributed by atoms with van der Waals surface area (Å²) in [6.07, 6.45) is 2.07. The number of carbonyl (C=O) groups is 2. The Morgan fingerprint density at radius 2 is 1.34 bits per heavy atom. The molecule has 2 saturated heterocycles. The number of para-hydroxylation sites is 1. The lowest BCUT2D eigenvalue weighted by molar-refractivity contribution is -0.122. The fourth-order valence-corrected chi connectivity index (χ4v) is 11.8. The summed E-state index contributed by atoms with van der Waals surface area (Å²) in [5.74, 6) is -0.734. The van der Waals surface area contributed by atoms with Crippen LogP contribution < -0.4 is 10.2 Å². The Morgan fingerprint density at radius 1 is 0.800 bits per heavy atom. The van der Waals surface area contributed by atoms with E-state index in [1.807, 2.05) is 25.1 Å². The third kappa shape index (κ3) is 3.29. The number of hydrogen-bond acceptors (Lipinski definition) is 3. The molecule has 2 fully saturated rings. The number of rotatable bonds is 5. The summed E-state index contributed by atoms with van der Waals surface area (Å²) >= 11 is 0. The quantitative estimate of drug-likeness (QED) is 0.271. The van der Waals surface area contributed by atoms with Gasteiger partial charge in [-0.2, -0.15) is 0 Å². The van der Waals surface area contributed by atoms with Crippen LogP contribution in [0.3, 0.4) is 0 Å². The molecule has 3 aliphatic rings. The maximum absolute atomic E-state index is 15.5. The standard InChI is InChI=1S/C30H36NO3P/c1-16(2)20-14-22(17(3)4)28(23(15-20)18(5)6)35(34)24-13-19(7)27(35)26-25(24)29(32)31(30(26)33)21-11-9-8-10-12-21/h8-18,24-27H,1-7H3. The first-order valence-electron chi connectivity index (χ1n) is 12.9. The van der Waals surface area contributed by atoms with Gasteiger partial charge in [0.2, 0.25) is 11.8 Å². The smallest absolute Gasteiger partial charge is 0.238 e. The number of hydrogen-bond donors (Lipinski definition) is 0. The van der Waals surface area contributed by atoms with Gasteiger partial charge in [0.05, 0.1) is 23.2 Å². The Kier molecular flexibility index (Phi) is 5.75. The number of nitrogens with zero attached hydrogens (tertiary/aromatic N) is 1. The van der Waals surface area contributed by atoms with Crippen molar-refractivity contribution in [1.82, 2.24) is 0 Å². The molecule has 35 heavy (non-hydrogen) atoms. The average molecular weight is 490 g/mol. The van der Waals surface area contributed by atoms with E-state index in [-0.39, 0.29) is 23.7 Å². The summed E-state index contributed by atoms with van der Waals surface area (Å²) in [5, 5.41) is 0.955. The first-order valence-corrected chi connectivity index (χ1v) is 14.7. The number of fused-ring (bicyclic) bond motifs is 5. The maximum Gasteiger partial charge on any atom is 0.238 e. The predicted molar refractivity (Wildman–Crippen MR) is 143 cm³/mol. The number of allylic oxidation sites excluding steroid dienone is 2. The fourth-order valence-electron chi connectivity index (χ4n) is 6.68. The van der Waals surface area contributed by atoms with Gasteiger partial charge in [-0.05, 0) is 53.5 Å². The summed E-state index contributed by atoms with van der Waals surface area (Å²) in [7, 11) is -3.11. The van der Waals surface area contributed by atoms with E-state index in [9.17, 15) is 9.59 Å². The average Bonchev–Trinajstić information content (AvgIpc) is 3.33. The molecule has 2 amide bonds. The van der Waals surface area contributed by atoms with E-state index in [0.29, 0.717) is 11.6 Å². The van der Waals surface area contributed by atoms with Crippen molar-refractivity contribution < 1.29 is 14.2 Å². The van der Waals surface area contributed by atoms with Crippen molar-refractivity contribution in [2.45, 2.75) is 77.5 Å². The zero-order chi connectivity index (χ0) is 25.4. The molecule has 0 spiro atoms. The summed E-state index contributed by atoms with van der Waals surface area (Å²) in [6.45, 7) is 15.0. The van der Waals surface area contributed by atoms with Gasteiger partial charge in [-0.15, -0.1) is 0 Å². The van der Waals surface area contributed by atoms with Crippen LogP contribution in [0, 0.1) is 11.8 Å². The fraction of sp³-hybridized carbons (Fsp3) is 0.467. The van der Waals surface area contributed by atoms with Crippen LogP contribution in [-0.2, 0) is 14.2 Å². The van der Waals surface area contributed by atoms with Crippen LogP contribution in [0.1, 0.15) is 82.9 Å². The van der Waals surface area contributed by atoms with Crippen LogP contribution in [0.2, 0.25) is 0 Å². The van der Waals surface area contributed by atoms with Crippen molar-refractivity contribution in [2.75, 3.05) is 4.90 Å². The van der Waals surface area contributed by atoms with Gasteiger partial charge < -0.3 is 4.57 Å². The minimum absolute atomic E-state index is 0.192. The molecule has 5 rings (SSSR count). The molecular formula is C30H36NO3P. The minimum atomic E-state index is -3.11. The molecule has 0 aliphatic carbocycles. The normalized spacial score (nSPS) is 29.7. The van der Waals surface area contributed by atoms with Crippen LogP contribution >= 0.6 is 7.14 Å². The van der Waals surface area contributed by atoms with E-state index in [1.165, 1.54) is 10.5 Å². The molecule has 4 nitrogen and oxygen atoms in total. The first-order chi connectivity index (χ1) is 16.5. The highest BCUT2D eigenvalue weighted by molar-refractivity contribution is 7.74. The lowest BCUT2D eigenvalue weighted by atomic mass is 9.82. The molecule has 3 heterocycles. The van der Waals surface area contributed by atoms with E-state index in [1.54, 1.807) is 12.1 Å². The molecule has 184 valence electrons. The molecule has 5 unspecified atom stereocenters. The highest BCUT2D eigenvalue weighted by Gasteiger charge is 2.71. The molecule has 0 N–H and O–H groups in total. The minimum Gasteiger partial charge on any atom is -0.317 e. The Balaban J connectivity index is 1.71. The van der Waals surface area contributed by atoms with Gasteiger partial charge in [-0.1, -0.05) is 83.5 Å². The van der Waals surface area contributed by atoms with Crippen molar-refractivity contribution in [1.29, 1.82) is 0 Å². The molecule has 2 aromatic rings. The number of imide groups is 1.